The Hall–Kier alpha value is -2.45. The molecule has 0 aliphatic rings. The van der Waals surface area contributed by atoms with Gasteiger partial charge in [-0.2, -0.15) is 0 Å². The Morgan fingerprint density at radius 2 is 1.83 bits per heavy atom. The number of benzene rings is 2. The van der Waals surface area contributed by atoms with Crippen LogP contribution < -0.4 is 10.1 Å². The van der Waals surface area contributed by atoms with E-state index in [0.29, 0.717) is 11.1 Å². The molecule has 0 heterocycles. The lowest BCUT2D eigenvalue weighted by molar-refractivity contribution is 0.0857. The van der Waals surface area contributed by atoms with Gasteiger partial charge in [-0.25, -0.2) is 17.8 Å². The van der Waals surface area contributed by atoms with Crippen molar-refractivity contribution in [3.8, 4) is 0 Å². The van der Waals surface area contributed by atoms with Crippen LogP contribution in [0, 0.1) is 12.7 Å². The molecule has 0 saturated carbocycles. The zero-order valence-electron chi connectivity index (χ0n) is 13.5. The molecule has 2 rings (SSSR count). The van der Waals surface area contributed by atoms with Crippen molar-refractivity contribution in [2.75, 3.05) is 18.8 Å². The number of carbonyl (C=O) groups excluding carboxylic acids is 1. The number of amides is 1. The lowest BCUT2D eigenvalue weighted by Crippen LogP contribution is -2.36. The number of hydrogen-bond donors (Lipinski definition) is 2. The number of anilines is 1. The summed E-state index contributed by atoms with van der Waals surface area (Å²) < 4.78 is 40.6. The highest BCUT2D eigenvalue weighted by molar-refractivity contribution is 7.92. The van der Waals surface area contributed by atoms with Crippen molar-refractivity contribution in [3.63, 3.8) is 0 Å². The predicted molar refractivity (Wildman–Crippen MR) is 89.5 cm³/mol. The summed E-state index contributed by atoms with van der Waals surface area (Å²) in [6, 6.07) is 9.70. The molecule has 0 aliphatic carbocycles. The number of aryl methyl sites for hydroxylation is 1. The second-order valence-electron chi connectivity index (χ2n) is 5.43. The van der Waals surface area contributed by atoms with Gasteiger partial charge in [0.1, 0.15) is 5.82 Å². The monoisotopic (exact) mass is 351 g/mol. The molecule has 0 fully saturated rings. The van der Waals surface area contributed by atoms with Crippen LogP contribution in [-0.2, 0) is 10.0 Å². The molecule has 0 aromatic heterocycles. The van der Waals surface area contributed by atoms with Crippen LogP contribution in [0.5, 0.6) is 0 Å². The second-order valence-corrected chi connectivity index (χ2v) is 7.12. The molecule has 0 unspecified atom stereocenters. The normalized spacial score (nSPS) is 11.4. The van der Waals surface area contributed by atoms with Crippen LogP contribution in [0.15, 0.2) is 47.4 Å². The number of hydrazine groups is 1. The average Bonchev–Trinajstić information content (AvgIpc) is 2.49. The van der Waals surface area contributed by atoms with Crippen LogP contribution in [0.3, 0.4) is 0 Å². The number of carbonyl (C=O) groups is 1. The van der Waals surface area contributed by atoms with Crippen molar-refractivity contribution in [1.82, 2.24) is 10.4 Å². The van der Waals surface area contributed by atoms with E-state index in [9.17, 15) is 17.6 Å². The van der Waals surface area contributed by atoms with Crippen LogP contribution in [0.4, 0.5) is 10.1 Å². The first-order valence-electron chi connectivity index (χ1n) is 7.06. The summed E-state index contributed by atoms with van der Waals surface area (Å²) in [7, 11) is -0.624. The largest absolute Gasteiger partial charge is 0.285 e. The summed E-state index contributed by atoms with van der Waals surface area (Å²) >= 11 is 0. The van der Waals surface area contributed by atoms with Crippen LogP contribution in [0.1, 0.15) is 15.9 Å². The fraction of sp³-hybridized carbons (Fsp3) is 0.188. The molecule has 0 saturated heterocycles. The average molecular weight is 351 g/mol. The molecule has 6 nitrogen and oxygen atoms in total. The zero-order chi connectivity index (χ0) is 17.9. The lowest BCUT2D eigenvalue weighted by Gasteiger charge is -2.13. The molecule has 1 amide bonds. The lowest BCUT2D eigenvalue weighted by atomic mass is 10.2. The molecule has 8 heteroatoms. The van der Waals surface area contributed by atoms with Gasteiger partial charge in [-0.1, -0.05) is 12.1 Å². The van der Waals surface area contributed by atoms with E-state index in [0.717, 1.165) is 6.07 Å². The summed E-state index contributed by atoms with van der Waals surface area (Å²) in [6.07, 6.45) is 0. The molecule has 0 spiro atoms. The van der Waals surface area contributed by atoms with E-state index >= 15 is 0 Å². The minimum Gasteiger partial charge on any atom is -0.285 e. The SMILES string of the molecule is Cc1ccc(S(=O)(=O)Nc2cccc(C(=O)NN(C)C)c2)cc1F. The van der Waals surface area contributed by atoms with E-state index < -0.39 is 15.8 Å². The first-order chi connectivity index (χ1) is 11.2. The van der Waals surface area contributed by atoms with Gasteiger partial charge in [0.05, 0.1) is 4.90 Å². The summed E-state index contributed by atoms with van der Waals surface area (Å²) in [5.74, 6) is -0.973. The fourth-order valence-electron chi connectivity index (χ4n) is 1.95. The van der Waals surface area contributed by atoms with Gasteiger partial charge in [-0.15, -0.1) is 0 Å². The highest BCUT2D eigenvalue weighted by Gasteiger charge is 2.16. The third-order valence-corrected chi connectivity index (χ3v) is 4.53. The number of sulfonamides is 1. The van der Waals surface area contributed by atoms with Crippen molar-refractivity contribution in [3.05, 3.63) is 59.4 Å². The summed E-state index contributed by atoms with van der Waals surface area (Å²) in [6.45, 7) is 1.55. The van der Waals surface area contributed by atoms with Gasteiger partial charge in [0.25, 0.3) is 15.9 Å². The van der Waals surface area contributed by atoms with Gasteiger partial charge < -0.3 is 0 Å². The van der Waals surface area contributed by atoms with E-state index in [2.05, 4.69) is 10.1 Å². The van der Waals surface area contributed by atoms with Gasteiger partial charge in [-0.3, -0.25) is 14.9 Å². The standard InChI is InChI=1S/C16H18FN3O3S/c1-11-7-8-14(10-15(11)17)24(22,23)19-13-6-4-5-12(9-13)16(21)18-20(2)3/h4-10,19H,1-3H3,(H,18,21). The Labute approximate surface area is 140 Å². The third kappa shape index (κ3) is 4.30. The number of rotatable bonds is 5. The Bertz CT molecular complexity index is 867. The van der Waals surface area contributed by atoms with Gasteiger partial charge in [0.2, 0.25) is 0 Å². The maximum atomic E-state index is 13.6. The first-order valence-corrected chi connectivity index (χ1v) is 8.55. The predicted octanol–water partition coefficient (Wildman–Crippen LogP) is 2.14. The van der Waals surface area contributed by atoms with Crippen molar-refractivity contribution in [2.24, 2.45) is 0 Å². The Morgan fingerprint density at radius 3 is 2.46 bits per heavy atom. The van der Waals surface area contributed by atoms with Gasteiger partial charge in [-0.05, 0) is 42.8 Å². The molecule has 0 aliphatic heterocycles. The maximum absolute atomic E-state index is 13.6. The van der Waals surface area contributed by atoms with Crippen LogP contribution in [0.2, 0.25) is 0 Å². The van der Waals surface area contributed by atoms with Crippen LogP contribution >= 0.6 is 0 Å². The van der Waals surface area contributed by atoms with Crippen molar-refractivity contribution in [1.29, 1.82) is 0 Å². The van der Waals surface area contributed by atoms with Gasteiger partial charge >= 0.3 is 0 Å². The zero-order valence-corrected chi connectivity index (χ0v) is 14.3. The van der Waals surface area contributed by atoms with E-state index in [-0.39, 0.29) is 16.5 Å². The second kappa shape index (κ2) is 6.98. The number of nitrogens with zero attached hydrogens (tertiary/aromatic N) is 1. The van der Waals surface area contributed by atoms with Crippen LogP contribution in [-0.4, -0.2) is 33.4 Å². The number of nitrogens with one attached hydrogen (secondary N) is 2. The minimum absolute atomic E-state index is 0.186. The molecule has 0 atom stereocenters. The fourth-order valence-corrected chi connectivity index (χ4v) is 3.01. The van der Waals surface area contributed by atoms with E-state index in [4.69, 9.17) is 0 Å². The van der Waals surface area contributed by atoms with E-state index in [1.807, 2.05) is 0 Å². The maximum Gasteiger partial charge on any atom is 0.265 e. The molecule has 2 aromatic carbocycles. The van der Waals surface area contributed by atoms with Crippen molar-refractivity contribution in [2.45, 2.75) is 11.8 Å². The van der Waals surface area contributed by atoms with Crippen molar-refractivity contribution < 1.29 is 17.6 Å². The Kier molecular flexibility index (Phi) is 5.20. The van der Waals surface area contributed by atoms with Crippen molar-refractivity contribution >= 4 is 21.6 Å². The smallest absolute Gasteiger partial charge is 0.265 e. The van der Waals surface area contributed by atoms with Gasteiger partial charge in [0.15, 0.2) is 0 Å². The molecular formula is C16H18FN3O3S. The molecule has 0 bridgehead atoms. The summed E-state index contributed by atoms with van der Waals surface area (Å²) in [5, 5.41) is 1.48. The van der Waals surface area contributed by atoms with Crippen LogP contribution in [0.25, 0.3) is 0 Å². The Balaban J connectivity index is 2.26. The highest BCUT2D eigenvalue weighted by Crippen LogP contribution is 2.19. The molecule has 2 aromatic rings. The number of halogens is 1. The molecule has 24 heavy (non-hydrogen) atoms. The summed E-state index contributed by atoms with van der Waals surface area (Å²) in [5.41, 5.74) is 3.42. The molecule has 0 radical (unpaired) electrons. The van der Waals surface area contributed by atoms with E-state index in [1.165, 1.54) is 29.3 Å². The molecule has 128 valence electrons. The van der Waals surface area contributed by atoms with Gasteiger partial charge in [0, 0.05) is 25.3 Å². The topological polar surface area (TPSA) is 78.5 Å². The summed E-state index contributed by atoms with van der Waals surface area (Å²) in [4.78, 5) is 11.8. The first kappa shape index (κ1) is 17.9. The Morgan fingerprint density at radius 1 is 1.12 bits per heavy atom. The third-order valence-electron chi connectivity index (χ3n) is 3.16. The molecule has 2 N–H and O–H groups in total. The minimum atomic E-state index is -3.95. The highest BCUT2D eigenvalue weighted by atomic mass is 32.2. The number of hydrogen-bond acceptors (Lipinski definition) is 4. The molecular weight excluding hydrogens is 333 g/mol. The quantitative estimate of drug-likeness (QED) is 0.809. The van der Waals surface area contributed by atoms with E-state index in [1.54, 1.807) is 33.2 Å².